The Balaban J connectivity index is 1.89. The molecule has 1 saturated heterocycles. The fourth-order valence-corrected chi connectivity index (χ4v) is 2.10. The zero-order chi connectivity index (χ0) is 14.8. The van der Waals surface area contributed by atoms with Crippen LogP contribution in [0.25, 0.3) is 0 Å². The van der Waals surface area contributed by atoms with E-state index in [4.69, 9.17) is 9.31 Å². The molecule has 0 radical (unpaired) electrons. The van der Waals surface area contributed by atoms with Gasteiger partial charge in [-0.3, -0.25) is 0 Å². The van der Waals surface area contributed by atoms with Gasteiger partial charge in [0.05, 0.1) is 17.3 Å². The Bertz CT molecular complexity index is 452. The molecule has 1 unspecified atom stereocenters. The molecule has 20 heavy (non-hydrogen) atoms. The zero-order valence-corrected chi connectivity index (χ0v) is 12.7. The summed E-state index contributed by atoms with van der Waals surface area (Å²) in [5.74, 6) is 1.88. The number of aliphatic hydroxyl groups is 1. The first kappa shape index (κ1) is 15.3. The van der Waals surface area contributed by atoms with Gasteiger partial charge in [0.25, 0.3) is 0 Å². The van der Waals surface area contributed by atoms with Gasteiger partial charge >= 0.3 is 7.12 Å². The average molecular weight is 274 g/mol. The third kappa shape index (κ3) is 3.32. The van der Waals surface area contributed by atoms with Crippen LogP contribution in [0.3, 0.4) is 0 Å². The number of benzene rings is 1. The van der Waals surface area contributed by atoms with E-state index in [1.54, 1.807) is 0 Å². The van der Waals surface area contributed by atoms with Crippen LogP contribution in [0.15, 0.2) is 42.4 Å². The Hall–Kier alpha value is -1.10. The highest BCUT2D eigenvalue weighted by molar-refractivity contribution is 6.51. The molecule has 0 saturated carbocycles. The minimum Gasteiger partial charge on any atom is -0.400 e. The molecule has 1 aliphatic rings. The van der Waals surface area contributed by atoms with Crippen molar-refractivity contribution in [1.29, 1.82) is 0 Å². The summed E-state index contributed by atoms with van der Waals surface area (Å²) in [5, 5.41) is 10.1. The normalized spacial score (nSPS) is 22.4. The van der Waals surface area contributed by atoms with Crippen molar-refractivity contribution in [3.05, 3.63) is 47.9 Å². The van der Waals surface area contributed by atoms with Gasteiger partial charge in [0.15, 0.2) is 0 Å². The molecule has 0 aromatic heterocycles. The van der Waals surface area contributed by atoms with Crippen LogP contribution < -0.4 is 0 Å². The van der Waals surface area contributed by atoms with Crippen molar-refractivity contribution in [2.45, 2.75) is 51.4 Å². The number of hydrogen-bond donors (Lipinski definition) is 1. The van der Waals surface area contributed by atoms with E-state index in [9.17, 15) is 5.11 Å². The molecule has 1 heterocycles. The summed E-state index contributed by atoms with van der Waals surface area (Å²) in [4.78, 5) is 0. The molecule has 1 N–H and O–H groups in total. The van der Waals surface area contributed by atoms with Crippen molar-refractivity contribution in [2.75, 3.05) is 0 Å². The third-order valence-electron chi connectivity index (χ3n) is 4.11. The summed E-state index contributed by atoms with van der Waals surface area (Å²) in [6.07, 6.45) is 1.98. The fourth-order valence-electron chi connectivity index (χ4n) is 2.10. The van der Waals surface area contributed by atoms with Crippen LogP contribution in [-0.4, -0.2) is 23.4 Å². The molecule has 1 aromatic carbocycles. The summed E-state index contributed by atoms with van der Waals surface area (Å²) in [6, 6.07) is 9.64. The lowest BCUT2D eigenvalue weighted by Crippen LogP contribution is -2.41. The molecule has 1 atom stereocenters. The van der Waals surface area contributed by atoms with E-state index in [2.05, 4.69) is 0 Å². The summed E-state index contributed by atoms with van der Waals surface area (Å²) in [7, 11) is -0.344. The highest BCUT2D eigenvalue weighted by Gasteiger charge is 2.49. The summed E-state index contributed by atoms with van der Waals surface area (Å²) in [6.45, 7) is 8.11. The Labute approximate surface area is 121 Å². The first-order valence-corrected chi connectivity index (χ1v) is 7.07. The SMILES string of the molecule is CC1(C)OB(/C=C/CC(O)c2ccccc2)OC1(C)C. The maximum absolute atomic E-state index is 10.1. The van der Waals surface area contributed by atoms with Gasteiger partial charge in [0.2, 0.25) is 0 Å². The molecule has 1 aromatic rings. The zero-order valence-electron chi connectivity index (χ0n) is 12.7. The van der Waals surface area contributed by atoms with Crippen LogP contribution in [0.1, 0.15) is 45.8 Å². The summed E-state index contributed by atoms with van der Waals surface area (Å²) >= 11 is 0. The molecule has 1 aliphatic heterocycles. The summed E-state index contributed by atoms with van der Waals surface area (Å²) in [5.41, 5.74) is 0.284. The van der Waals surface area contributed by atoms with E-state index in [0.29, 0.717) is 6.42 Å². The Morgan fingerprint density at radius 2 is 1.65 bits per heavy atom. The van der Waals surface area contributed by atoms with E-state index in [-0.39, 0.29) is 18.3 Å². The lowest BCUT2D eigenvalue weighted by Gasteiger charge is -2.32. The predicted octanol–water partition coefficient (Wildman–Crippen LogP) is 3.30. The fraction of sp³-hybridized carbons (Fsp3) is 0.500. The maximum atomic E-state index is 10.1. The first-order valence-electron chi connectivity index (χ1n) is 7.07. The van der Waals surface area contributed by atoms with Gasteiger partial charge in [-0.2, -0.15) is 0 Å². The molecule has 4 heteroatoms. The van der Waals surface area contributed by atoms with Crippen molar-refractivity contribution in [2.24, 2.45) is 0 Å². The summed E-state index contributed by atoms with van der Waals surface area (Å²) < 4.78 is 11.7. The molecule has 3 nitrogen and oxygen atoms in total. The van der Waals surface area contributed by atoms with Crippen LogP contribution in [0.2, 0.25) is 0 Å². The van der Waals surface area contributed by atoms with Crippen LogP contribution >= 0.6 is 0 Å². The lowest BCUT2D eigenvalue weighted by atomic mass is 9.89. The molecule has 0 bridgehead atoms. The van der Waals surface area contributed by atoms with Crippen molar-refractivity contribution >= 4 is 7.12 Å². The highest BCUT2D eigenvalue weighted by Crippen LogP contribution is 2.36. The molecule has 2 rings (SSSR count). The molecule has 0 aliphatic carbocycles. The average Bonchev–Trinajstić information content (AvgIpc) is 2.58. The van der Waals surface area contributed by atoms with Gasteiger partial charge in [-0.1, -0.05) is 42.4 Å². The minimum atomic E-state index is -0.491. The van der Waals surface area contributed by atoms with Gasteiger partial charge in [0, 0.05) is 0 Å². The Morgan fingerprint density at radius 3 is 2.20 bits per heavy atom. The highest BCUT2D eigenvalue weighted by atomic mass is 16.7. The van der Waals surface area contributed by atoms with E-state index in [1.165, 1.54) is 0 Å². The van der Waals surface area contributed by atoms with Gasteiger partial charge in [0.1, 0.15) is 0 Å². The monoisotopic (exact) mass is 274 g/mol. The number of hydrogen-bond acceptors (Lipinski definition) is 3. The topological polar surface area (TPSA) is 38.7 Å². The lowest BCUT2D eigenvalue weighted by molar-refractivity contribution is 0.00578. The largest absolute Gasteiger partial charge is 0.486 e. The van der Waals surface area contributed by atoms with Crippen LogP contribution in [-0.2, 0) is 9.31 Å². The van der Waals surface area contributed by atoms with E-state index < -0.39 is 6.10 Å². The Morgan fingerprint density at radius 1 is 1.10 bits per heavy atom. The van der Waals surface area contributed by atoms with Crippen LogP contribution in [0.4, 0.5) is 0 Å². The second-order valence-corrected chi connectivity index (χ2v) is 6.22. The van der Waals surface area contributed by atoms with E-state index in [1.807, 2.05) is 70.1 Å². The van der Waals surface area contributed by atoms with Crippen molar-refractivity contribution in [3.8, 4) is 0 Å². The number of aliphatic hydroxyl groups excluding tert-OH is 1. The van der Waals surface area contributed by atoms with Gasteiger partial charge in [-0.25, -0.2) is 0 Å². The second-order valence-electron chi connectivity index (χ2n) is 6.22. The van der Waals surface area contributed by atoms with Crippen LogP contribution in [0.5, 0.6) is 0 Å². The van der Waals surface area contributed by atoms with Crippen molar-refractivity contribution < 1.29 is 14.4 Å². The minimum absolute atomic E-state index is 0.319. The molecule has 108 valence electrons. The Kier molecular flexibility index (Phi) is 4.38. The first-order chi connectivity index (χ1) is 9.32. The van der Waals surface area contributed by atoms with Crippen molar-refractivity contribution in [1.82, 2.24) is 0 Å². The molecular weight excluding hydrogens is 251 g/mol. The van der Waals surface area contributed by atoms with E-state index >= 15 is 0 Å². The van der Waals surface area contributed by atoms with Gasteiger partial charge in [-0.05, 0) is 39.7 Å². The number of rotatable bonds is 4. The van der Waals surface area contributed by atoms with Gasteiger partial charge < -0.3 is 14.4 Å². The molecule has 0 spiro atoms. The predicted molar refractivity (Wildman–Crippen MR) is 81.2 cm³/mol. The van der Waals surface area contributed by atoms with E-state index in [0.717, 1.165) is 5.56 Å². The smallest absolute Gasteiger partial charge is 0.400 e. The molecular formula is C16H23BO3. The van der Waals surface area contributed by atoms with Gasteiger partial charge in [-0.15, -0.1) is 0 Å². The molecule has 1 fully saturated rings. The standard InChI is InChI=1S/C16H23BO3/c1-15(2)16(3,4)20-17(19-15)12-8-11-14(18)13-9-6-5-7-10-13/h5-10,12,14,18H,11H2,1-4H3/b12-8+. The van der Waals surface area contributed by atoms with Crippen molar-refractivity contribution in [3.63, 3.8) is 0 Å². The van der Waals surface area contributed by atoms with Crippen LogP contribution in [0, 0.1) is 0 Å². The molecule has 0 amide bonds. The maximum Gasteiger partial charge on any atom is 0.486 e. The quantitative estimate of drug-likeness (QED) is 0.856. The second kappa shape index (κ2) is 5.72. The third-order valence-corrected chi connectivity index (χ3v) is 4.11.